The Morgan fingerprint density at radius 2 is 1.55 bits per heavy atom. The lowest BCUT2D eigenvalue weighted by Crippen LogP contribution is -2.32. The number of rotatable bonds is 7. The zero-order chi connectivity index (χ0) is 23.5. The van der Waals surface area contributed by atoms with Crippen molar-refractivity contribution < 1.29 is 23.5 Å². The maximum Gasteiger partial charge on any atom is 0.278 e. The van der Waals surface area contributed by atoms with Crippen LogP contribution in [0.4, 0.5) is 10.1 Å². The van der Waals surface area contributed by atoms with Crippen LogP contribution in [0.2, 0.25) is 5.02 Å². The summed E-state index contributed by atoms with van der Waals surface area (Å²) < 4.78 is 24.1. The fourth-order valence-electron chi connectivity index (χ4n) is 3.54. The molecule has 0 aromatic heterocycles. The standard InChI is InChI=1S/C25H20ClFN2O4/c1-32-19-11-18(12-20(13-19)33-2)28-23-22(15-7-9-17(27)10-8-15)24(30)29(25(23)31)14-16-5-3-4-6-21(16)26/h3-13,28H,14H2,1-2H3. The van der Waals surface area contributed by atoms with Crippen molar-refractivity contribution in [3.05, 3.63) is 94.4 Å². The molecule has 0 unspecified atom stereocenters. The number of carbonyl (C=O) groups is 2. The highest BCUT2D eigenvalue weighted by atomic mass is 35.5. The van der Waals surface area contributed by atoms with Gasteiger partial charge < -0.3 is 14.8 Å². The number of nitrogens with one attached hydrogen (secondary N) is 1. The summed E-state index contributed by atoms with van der Waals surface area (Å²) in [7, 11) is 3.02. The van der Waals surface area contributed by atoms with Gasteiger partial charge in [0.25, 0.3) is 11.8 Å². The van der Waals surface area contributed by atoms with E-state index in [9.17, 15) is 14.0 Å². The van der Waals surface area contributed by atoms with Crippen LogP contribution >= 0.6 is 11.6 Å². The number of benzene rings is 3. The van der Waals surface area contributed by atoms with Gasteiger partial charge in [0.1, 0.15) is 23.0 Å². The molecule has 0 bridgehead atoms. The van der Waals surface area contributed by atoms with Gasteiger partial charge in [-0.1, -0.05) is 41.9 Å². The van der Waals surface area contributed by atoms with E-state index in [-0.39, 0.29) is 17.8 Å². The average molecular weight is 467 g/mol. The van der Waals surface area contributed by atoms with Crippen molar-refractivity contribution in [2.24, 2.45) is 0 Å². The lowest BCUT2D eigenvalue weighted by Gasteiger charge is -2.16. The largest absolute Gasteiger partial charge is 0.497 e. The molecule has 1 aliphatic heterocycles. The number of methoxy groups -OCH3 is 2. The highest BCUT2D eigenvalue weighted by molar-refractivity contribution is 6.36. The molecule has 1 aliphatic rings. The molecule has 0 radical (unpaired) electrons. The van der Waals surface area contributed by atoms with Crippen molar-refractivity contribution in [1.82, 2.24) is 4.90 Å². The second kappa shape index (κ2) is 9.34. The molecule has 3 aromatic rings. The summed E-state index contributed by atoms with van der Waals surface area (Å²) in [4.78, 5) is 27.9. The summed E-state index contributed by atoms with van der Waals surface area (Å²) in [5, 5.41) is 3.49. The number of amides is 2. The van der Waals surface area contributed by atoms with E-state index in [1.165, 1.54) is 38.5 Å². The first-order valence-corrected chi connectivity index (χ1v) is 10.4. The monoisotopic (exact) mass is 466 g/mol. The fourth-order valence-corrected chi connectivity index (χ4v) is 3.74. The Morgan fingerprint density at radius 1 is 0.909 bits per heavy atom. The number of hydrogen-bond acceptors (Lipinski definition) is 5. The molecule has 8 heteroatoms. The Labute approximate surface area is 195 Å². The van der Waals surface area contributed by atoms with Crippen molar-refractivity contribution in [2.45, 2.75) is 6.54 Å². The van der Waals surface area contributed by atoms with Crippen LogP contribution in [-0.4, -0.2) is 30.9 Å². The van der Waals surface area contributed by atoms with Gasteiger partial charge in [-0.2, -0.15) is 0 Å². The van der Waals surface area contributed by atoms with E-state index in [4.69, 9.17) is 21.1 Å². The van der Waals surface area contributed by atoms with Gasteiger partial charge in [0.05, 0.1) is 26.3 Å². The van der Waals surface area contributed by atoms with E-state index in [1.54, 1.807) is 42.5 Å². The SMILES string of the molecule is COc1cc(NC2=C(c3ccc(F)cc3)C(=O)N(Cc3ccccc3Cl)C2=O)cc(OC)c1. The highest BCUT2D eigenvalue weighted by Crippen LogP contribution is 2.34. The molecule has 0 fully saturated rings. The first-order chi connectivity index (χ1) is 15.9. The number of carbonyl (C=O) groups excluding carboxylic acids is 2. The molecule has 6 nitrogen and oxygen atoms in total. The summed E-state index contributed by atoms with van der Waals surface area (Å²) in [6.45, 7) is -0.00531. The third-order valence-electron chi connectivity index (χ3n) is 5.21. The Bertz CT molecular complexity index is 1240. The summed E-state index contributed by atoms with van der Waals surface area (Å²) in [6.07, 6.45) is 0. The second-order valence-electron chi connectivity index (χ2n) is 7.27. The zero-order valence-electron chi connectivity index (χ0n) is 17.9. The van der Waals surface area contributed by atoms with Crippen LogP contribution in [0.25, 0.3) is 5.57 Å². The maximum atomic E-state index is 13.5. The van der Waals surface area contributed by atoms with Gasteiger partial charge in [0.2, 0.25) is 0 Å². The topological polar surface area (TPSA) is 67.9 Å². The van der Waals surface area contributed by atoms with E-state index in [1.807, 2.05) is 0 Å². The number of imide groups is 1. The van der Waals surface area contributed by atoms with Gasteiger partial charge in [-0.25, -0.2) is 4.39 Å². The molecular weight excluding hydrogens is 447 g/mol. The van der Waals surface area contributed by atoms with Gasteiger partial charge in [-0.3, -0.25) is 14.5 Å². The van der Waals surface area contributed by atoms with E-state index in [0.717, 1.165) is 4.90 Å². The summed E-state index contributed by atoms with van der Waals surface area (Å²) in [5.41, 5.74) is 1.72. The summed E-state index contributed by atoms with van der Waals surface area (Å²) in [5.74, 6) is -0.475. The minimum absolute atomic E-state index is 0.00531. The molecule has 2 amide bonds. The summed E-state index contributed by atoms with van der Waals surface area (Å²) in [6, 6.07) is 17.4. The second-order valence-corrected chi connectivity index (χ2v) is 7.68. The normalized spacial score (nSPS) is 13.5. The molecule has 33 heavy (non-hydrogen) atoms. The van der Waals surface area contributed by atoms with Crippen molar-refractivity contribution in [2.75, 3.05) is 19.5 Å². The van der Waals surface area contributed by atoms with Crippen LogP contribution in [-0.2, 0) is 16.1 Å². The Kier molecular flexibility index (Phi) is 6.33. The van der Waals surface area contributed by atoms with Crippen molar-refractivity contribution in [3.8, 4) is 11.5 Å². The number of halogens is 2. The number of hydrogen-bond donors (Lipinski definition) is 1. The first-order valence-electron chi connectivity index (χ1n) is 10.0. The van der Waals surface area contributed by atoms with Crippen LogP contribution in [0.3, 0.4) is 0 Å². The van der Waals surface area contributed by atoms with Crippen molar-refractivity contribution in [1.29, 1.82) is 0 Å². The van der Waals surface area contributed by atoms with Crippen LogP contribution in [0.1, 0.15) is 11.1 Å². The Morgan fingerprint density at radius 3 is 2.15 bits per heavy atom. The van der Waals surface area contributed by atoms with Crippen LogP contribution in [0.15, 0.2) is 72.4 Å². The van der Waals surface area contributed by atoms with E-state index in [2.05, 4.69) is 5.32 Å². The fraction of sp³-hybridized carbons (Fsp3) is 0.120. The molecular formula is C25H20ClFN2O4. The molecule has 4 rings (SSSR count). The minimum Gasteiger partial charge on any atom is -0.497 e. The smallest absolute Gasteiger partial charge is 0.278 e. The first kappa shape index (κ1) is 22.4. The lowest BCUT2D eigenvalue weighted by atomic mass is 10.0. The Hall–Kier alpha value is -3.84. The molecule has 0 saturated heterocycles. The van der Waals surface area contributed by atoms with E-state index >= 15 is 0 Å². The number of nitrogens with zero attached hydrogens (tertiary/aromatic N) is 1. The van der Waals surface area contributed by atoms with Crippen molar-refractivity contribution in [3.63, 3.8) is 0 Å². The van der Waals surface area contributed by atoms with Crippen LogP contribution in [0.5, 0.6) is 11.5 Å². The van der Waals surface area contributed by atoms with Gasteiger partial charge in [0, 0.05) is 28.9 Å². The molecule has 1 heterocycles. The molecule has 0 saturated carbocycles. The maximum absolute atomic E-state index is 13.5. The van der Waals surface area contributed by atoms with Gasteiger partial charge >= 0.3 is 0 Å². The van der Waals surface area contributed by atoms with Gasteiger partial charge in [-0.15, -0.1) is 0 Å². The van der Waals surface area contributed by atoms with E-state index in [0.29, 0.717) is 33.3 Å². The lowest BCUT2D eigenvalue weighted by molar-refractivity contribution is -0.137. The molecule has 1 N–H and O–H groups in total. The molecule has 3 aromatic carbocycles. The zero-order valence-corrected chi connectivity index (χ0v) is 18.7. The van der Waals surface area contributed by atoms with Crippen LogP contribution in [0, 0.1) is 5.82 Å². The Balaban J connectivity index is 1.77. The molecule has 0 spiro atoms. The average Bonchev–Trinajstić information content (AvgIpc) is 3.05. The third kappa shape index (κ3) is 4.54. The molecule has 0 aliphatic carbocycles. The summed E-state index contributed by atoms with van der Waals surface area (Å²) >= 11 is 6.25. The predicted molar refractivity (Wildman–Crippen MR) is 123 cm³/mol. The molecule has 168 valence electrons. The third-order valence-corrected chi connectivity index (χ3v) is 5.58. The highest BCUT2D eigenvalue weighted by Gasteiger charge is 2.39. The predicted octanol–water partition coefficient (Wildman–Crippen LogP) is 4.89. The van der Waals surface area contributed by atoms with E-state index < -0.39 is 17.6 Å². The quantitative estimate of drug-likeness (QED) is 0.502. The van der Waals surface area contributed by atoms with Gasteiger partial charge in [0.15, 0.2) is 0 Å². The van der Waals surface area contributed by atoms with Crippen LogP contribution < -0.4 is 14.8 Å². The number of anilines is 1. The van der Waals surface area contributed by atoms with Crippen molar-refractivity contribution >= 4 is 34.7 Å². The number of ether oxygens (including phenoxy) is 2. The molecule has 0 atom stereocenters. The minimum atomic E-state index is -0.527. The van der Waals surface area contributed by atoms with Gasteiger partial charge in [-0.05, 0) is 29.3 Å².